The fraction of sp³-hybridized carbons (Fsp3) is 0.161. The second kappa shape index (κ2) is 10.6. The van der Waals surface area contributed by atoms with Crippen LogP contribution in [0.25, 0.3) is 0 Å². The fourth-order valence-corrected chi connectivity index (χ4v) is 4.45. The molecule has 2 unspecified atom stereocenters. The maximum absolute atomic E-state index is 13.8. The Morgan fingerprint density at radius 3 is 1.24 bits per heavy atom. The molecule has 0 bridgehead atoms. The summed E-state index contributed by atoms with van der Waals surface area (Å²) in [6, 6.07) is 22.4. The van der Waals surface area contributed by atoms with Crippen LogP contribution in [-0.4, -0.2) is 32.0 Å². The largest absolute Gasteiger partial charge is 0.508 e. The van der Waals surface area contributed by atoms with Gasteiger partial charge in [-0.1, -0.05) is 59.7 Å². The van der Waals surface area contributed by atoms with Gasteiger partial charge in [0, 0.05) is 24.0 Å². The van der Waals surface area contributed by atoms with Crippen molar-refractivity contribution in [3.8, 4) is 23.0 Å². The number of aryl methyl sites for hydroxylation is 2. The molecule has 0 aliphatic heterocycles. The lowest BCUT2D eigenvalue weighted by atomic mass is 9.77. The molecule has 0 aliphatic rings. The van der Waals surface area contributed by atoms with Crippen LogP contribution in [0.3, 0.4) is 0 Å². The molecular weight excluding hydrogens is 468 g/mol. The molecule has 0 aliphatic carbocycles. The van der Waals surface area contributed by atoms with E-state index in [9.17, 15) is 30.0 Å². The average Bonchev–Trinajstić information content (AvgIpc) is 2.85. The van der Waals surface area contributed by atoms with Crippen LogP contribution in [0.2, 0.25) is 0 Å². The SMILES string of the molecule is Cc1ccc(C(CC(C(=O)c2ccc(O)cc2O)c2ccc(C)cc2)C(=O)c2ccc(O)cc2O)cc1. The van der Waals surface area contributed by atoms with E-state index in [0.717, 1.165) is 23.3 Å². The van der Waals surface area contributed by atoms with Gasteiger partial charge in [0.25, 0.3) is 0 Å². The number of aromatic hydroxyl groups is 4. The third kappa shape index (κ3) is 5.64. The second-order valence-electron chi connectivity index (χ2n) is 9.29. The Hall–Kier alpha value is -4.58. The zero-order chi connectivity index (χ0) is 26.7. The van der Waals surface area contributed by atoms with Crippen molar-refractivity contribution in [3.63, 3.8) is 0 Å². The van der Waals surface area contributed by atoms with Gasteiger partial charge in [-0.2, -0.15) is 0 Å². The van der Waals surface area contributed by atoms with Crippen molar-refractivity contribution in [1.29, 1.82) is 0 Å². The van der Waals surface area contributed by atoms with Crippen molar-refractivity contribution in [2.45, 2.75) is 32.1 Å². The van der Waals surface area contributed by atoms with Gasteiger partial charge in [0.1, 0.15) is 23.0 Å². The van der Waals surface area contributed by atoms with E-state index in [2.05, 4.69) is 0 Å². The van der Waals surface area contributed by atoms with Gasteiger partial charge >= 0.3 is 0 Å². The molecule has 0 saturated carbocycles. The molecule has 0 heterocycles. The van der Waals surface area contributed by atoms with Crippen molar-refractivity contribution in [3.05, 3.63) is 118 Å². The number of carbonyl (C=O) groups excluding carboxylic acids is 2. The van der Waals surface area contributed by atoms with Crippen molar-refractivity contribution >= 4 is 11.6 Å². The molecule has 4 aromatic carbocycles. The topological polar surface area (TPSA) is 115 Å². The number of rotatable bonds is 8. The van der Waals surface area contributed by atoms with Crippen molar-refractivity contribution < 1.29 is 30.0 Å². The smallest absolute Gasteiger partial charge is 0.174 e. The van der Waals surface area contributed by atoms with Crippen molar-refractivity contribution in [2.24, 2.45) is 0 Å². The molecule has 0 saturated heterocycles. The second-order valence-corrected chi connectivity index (χ2v) is 9.29. The third-order valence-electron chi connectivity index (χ3n) is 6.56. The number of carbonyl (C=O) groups is 2. The molecule has 0 spiro atoms. The number of hydrogen-bond acceptors (Lipinski definition) is 6. The number of phenolic OH excluding ortho intramolecular Hbond substituents is 4. The van der Waals surface area contributed by atoms with Gasteiger partial charge in [-0.25, -0.2) is 0 Å². The number of phenols is 4. The quantitative estimate of drug-likeness (QED) is 0.218. The van der Waals surface area contributed by atoms with Crippen LogP contribution in [0.5, 0.6) is 23.0 Å². The first kappa shape index (κ1) is 25.5. The molecule has 6 heteroatoms. The molecule has 0 aromatic heterocycles. The van der Waals surface area contributed by atoms with Crippen LogP contribution in [0.15, 0.2) is 84.9 Å². The van der Waals surface area contributed by atoms with Crippen LogP contribution < -0.4 is 0 Å². The minimum absolute atomic E-state index is 0.0333. The van der Waals surface area contributed by atoms with E-state index in [1.165, 1.54) is 24.3 Å². The van der Waals surface area contributed by atoms with Crippen molar-refractivity contribution in [1.82, 2.24) is 0 Å². The summed E-state index contributed by atoms with van der Waals surface area (Å²) in [6.07, 6.45) is 0.0599. The molecule has 6 nitrogen and oxygen atoms in total. The van der Waals surface area contributed by atoms with Gasteiger partial charge in [-0.05, 0) is 55.7 Å². The number of hydrogen-bond donors (Lipinski definition) is 4. The average molecular weight is 497 g/mol. The number of Topliss-reactive ketones (excluding diaryl/α,β-unsaturated/α-hetero) is 2. The number of ketones is 2. The zero-order valence-corrected chi connectivity index (χ0v) is 20.6. The molecule has 4 N–H and O–H groups in total. The highest BCUT2D eigenvalue weighted by atomic mass is 16.3. The summed E-state index contributed by atoms with van der Waals surface area (Å²) >= 11 is 0. The summed E-state index contributed by atoms with van der Waals surface area (Å²) in [7, 11) is 0. The third-order valence-corrected chi connectivity index (χ3v) is 6.56. The zero-order valence-electron chi connectivity index (χ0n) is 20.6. The van der Waals surface area contributed by atoms with Crippen molar-refractivity contribution in [2.75, 3.05) is 0 Å². The molecular formula is C31H28O6. The summed E-state index contributed by atoms with van der Waals surface area (Å²) in [6.45, 7) is 3.86. The summed E-state index contributed by atoms with van der Waals surface area (Å²) in [5.74, 6) is -3.47. The van der Waals surface area contributed by atoms with E-state index in [0.29, 0.717) is 11.1 Å². The van der Waals surface area contributed by atoms with Gasteiger partial charge in [0.05, 0.1) is 11.1 Å². The van der Waals surface area contributed by atoms with Crippen LogP contribution in [0, 0.1) is 13.8 Å². The Morgan fingerprint density at radius 1 is 0.568 bits per heavy atom. The van der Waals surface area contributed by atoms with Gasteiger partial charge < -0.3 is 20.4 Å². The maximum Gasteiger partial charge on any atom is 0.174 e. The highest BCUT2D eigenvalue weighted by Crippen LogP contribution is 2.38. The Labute approximate surface area is 215 Å². The van der Waals surface area contributed by atoms with Crippen LogP contribution in [0.1, 0.15) is 61.2 Å². The maximum atomic E-state index is 13.8. The lowest BCUT2D eigenvalue weighted by Gasteiger charge is -2.24. The monoisotopic (exact) mass is 496 g/mol. The minimum Gasteiger partial charge on any atom is -0.508 e. The highest BCUT2D eigenvalue weighted by molar-refractivity contribution is 6.06. The first-order valence-corrected chi connectivity index (χ1v) is 11.9. The first-order valence-electron chi connectivity index (χ1n) is 11.9. The minimum atomic E-state index is -0.814. The standard InChI is InChI=1S/C31H28O6/c1-18-3-7-20(8-4-18)26(30(36)24-13-11-22(32)15-28(24)34)17-27(21-9-5-19(2)6-10-21)31(37)25-14-12-23(33)16-29(25)35/h3-16,26-27,32-35H,17H2,1-2H3. The van der Waals surface area contributed by atoms with E-state index >= 15 is 0 Å². The van der Waals surface area contributed by atoms with Gasteiger partial charge in [0.2, 0.25) is 0 Å². The van der Waals surface area contributed by atoms with Gasteiger partial charge in [-0.15, -0.1) is 0 Å². The highest BCUT2D eigenvalue weighted by Gasteiger charge is 2.33. The Bertz CT molecular complexity index is 1330. The van der Waals surface area contributed by atoms with Crippen LogP contribution in [-0.2, 0) is 0 Å². The molecule has 0 radical (unpaired) electrons. The normalized spacial score (nSPS) is 12.6. The summed E-state index contributed by atoms with van der Waals surface area (Å²) in [5.41, 5.74) is 3.41. The van der Waals surface area contributed by atoms with E-state index < -0.39 is 23.4 Å². The summed E-state index contributed by atoms with van der Waals surface area (Å²) in [5, 5.41) is 40.3. The van der Waals surface area contributed by atoms with E-state index in [1.807, 2.05) is 62.4 Å². The summed E-state index contributed by atoms with van der Waals surface area (Å²) in [4.78, 5) is 27.6. The van der Waals surface area contributed by atoms with Gasteiger partial charge in [-0.3, -0.25) is 9.59 Å². The molecule has 0 amide bonds. The van der Waals surface area contributed by atoms with E-state index in [4.69, 9.17) is 0 Å². The number of benzene rings is 4. The molecule has 2 atom stereocenters. The fourth-order valence-electron chi connectivity index (χ4n) is 4.45. The van der Waals surface area contributed by atoms with Crippen LogP contribution >= 0.6 is 0 Å². The molecule has 4 aromatic rings. The van der Waals surface area contributed by atoms with Gasteiger partial charge in [0.15, 0.2) is 11.6 Å². The van der Waals surface area contributed by atoms with E-state index in [1.54, 1.807) is 0 Å². The predicted octanol–water partition coefficient (Wildman–Crippen LogP) is 6.15. The predicted molar refractivity (Wildman–Crippen MR) is 141 cm³/mol. The molecule has 188 valence electrons. The Kier molecular flexibility index (Phi) is 7.30. The van der Waals surface area contributed by atoms with Crippen LogP contribution in [0.4, 0.5) is 0 Å². The molecule has 4 rings (SSSR count). The Balaban J connectivity index is 1.83. The molecule has 37 heavy (non-hydrogen) atoms. The lowest BCUT2D eigenvalue weighted by Crippen LogP contribution is -2.21. The Morgan fingerprint density at radius 2 is 0.919 bits per heavy atom. The first-order chi connectivity index (χ1) is 17.6. The lowest BCUT2D eigenvalue weighted by molar-refractivity contribution is 0.0916. The van der Waals surface area contributed by atoms with E-state index in [-0.39, 0.29) is 40.5 Å². The molecule has 0 fully saturated rings. The summed E-state index contributed by atoms with van der Waals surface area (Å²) < 4.78 is 0.